The van der Waals surface area contributed by atoms with Gasteiger partial charge in [-0.25, -0.2) is 4.79 Å². The van der Waals surface area contributed by atoms with Crippen molar-refractivity contribution in [2.45, 2.75) is 13.0 Å². The van der Waals surface area contributed by atoms with Crippen LogP contribution in [0.25, 0.3) is 0 Å². The molecule has 4 heteroatoms. The second-order valence-electron chi connectivity index (χ2n) is 5.69. The number of ether oxygens (including phenoxy) is 1. The van der Waals surface area contributed by atoms with E-state index in [4.69, 9.17) is 4.74 Å². The van der Waals surface area contributed by atoms with Crippen LogP contribution in [0.2, 0.25) is 0 Å². The lowest BCUT2D eigenvalue weighted by Crippen LogP contribution is -2.55. The predicted molar refractivity (Wildman–Crippen MR) is 74.6 cm³/mol. The molecule has 19 heavy (non-hydrogen) atoms. The first-order valence-electron chi connectivity index (χ1n) is 6.74. The number of likely N-dealkylation sites (tertiary alicyclic amines) is 1. The minimum Gasteiger partial charge on any atom is -0.465 e. The third kappa shape index (κ3) is 2.00. The maximum absolute atomic E-state index is 11.7. The highest BCUT2D eigenvalue weighted by Crippen LogP contribution is 2.36. The summed E-state index contributed by atoms with van der Waals surface area (Å²) in [6, 6.07) is 6.69. The van der Waals surface area contributed by atoms with Crippen LogP contribution >= 0.6 is 0 Å². The summed E-state index contributed by atoms with van der Waals surface area (Å²) in [6.45, 7) is 5.35. The van der Waals surface area contributed by atoms with E-state index in [0.717, 1.165) is 30.3 Å². The third-order valence-corrected chi connectivity index (χ3v) is 4.38. The summed E-state index contributed by atoms with van der Waals surface area (Å²) in [7, 11) is 3.60. The molecule has 0 N–H and O–H groups in total. The molecule has 0 aromatic heterocycles. The van der Waals surface area contributed by atoms with E-state index in [-0.39, 0.29) is 5.97 Å². The molecule has 4 nitrogen and oxygen atoms in total. The van der Waals surface area contributed by atoms with Crippen LogP contribution in [0.5, 0.6) is 0 Å². The van der Waals surface area contributed by atoms with Gasteiger partial charge in [0.2, 0.25) is 0 Å². The molecule has 102 valence electrons. The third-order valence-electron chi connectivity index (χ3n) is 4.38. The van der Waals surface area contributed by atoms with Gasteiger partial charge >= 0.3 is 5.97 Å². The molecule has 1 aromatic carbocycles. The number of benzene rings is 1. The number of nitrogens with zero attached hydrogens (tertiary/aromatic N) is 2. The lowest BCUT2D eigenvalue weighted by Gasteiger charge is -2.45. The van der Waals surface area contributed by atoms with Crippen LogP contribution in [0.1, 0.15) is 15.9 Å². The van der Waals surface area contributed by atoms with Crippen LogP contribution < -0.4 is 4.90 Å². The van der Waals surface area contributed by atoms with E-state index in [1.165, 1.54) is 13.7 Å². The second-order valence-corrected chi connectivity index (χ2v) is 5.69. The molecule has 2 atom stereocenters. The largest absolute Gasteiger partial charge is 0.465 e. The van der Waals surface area contributed by atoms with Gasteiger partial charge in [-0.2, -0.15) is 0 Å². The molecule has 0 saturated carbocycles. The van der Waals surface area contributed by atoms with Crippen molar-refractivity contribution in [2.75, 3.05) is 38.7 Å². The van der Waals surface area contributed by atoms with E-state index in [2.05, 4.69) is 22.9 Å². The first kappa shape index (κ1) is 12.5. The molecule has 2 fully saturated rings. The first-order chi connectivity index (χ1) is 9.10. The van der Waals surface area contributed by atoms with Gasteiger partial charge in [-0.1, -0.05) is 6.07 Å². The molecular formula is C15H20N2O2. The van der Waals surface area contributed by atoms with E-state index >= 15 is 0 Å². The smallest absolute Gasteiger partial charge is 0.338 e. The molecule has 2 aliphatic rings. The number of fused-ring (bicyclic) bond motifs is 1. The molecule has 0 aliphatic carbocycles. The Morgan fingerprint density at radius 1 is 1.32 bits per heavy atom. The summed E-state index contributed by atoms with van der Waals surface area (Å²) in [5.74, 6) is 0.535. The normalized spacial score (nSPS) is 25.9. The highest BCUT2D eigenvalue weighted by atomic mass is 16.5. The fourth-order valence-electron chi connectivity index (χ4n) is 3.26. The number of esters is 1. The number of hydrogen-bond acceptors (Lipinski definition) is 4. The summed E-state index contributed by atoms with van der Waals surface area (Å²) in [4.78, 5) is 16.5. The molecule has 1 aromatic rings. The van der Waals surface area contributed by atoms with Gasteiger partial charge in [-0.15, -0.1) is 0 Å². The van der Waals surface area contributed by atoms with Crippen LogP contribution in [0.15, 0.2) is 18.2 Å². The van der Waals surface area contributed by atoms with Gasteiger partial charge in [0.15, 0.2) is 0 Å². The Balaban J connectivity index is 1.85. The van der Waals surface area contributed by atoms with E-state index < -0.39 is 0 Å². The van der Waals surface area contributed by atoms with Gasteiger partial charge < -0.3 is 14.5 Å². The number of rotatable bonds is 2. The Morgan fingerprint density at radius 3 is 2.79 bits per heavy atom. The Morgan fingerprint density at radius 2 is 2.11 bits per heavy atom. The van der Waals surface area contributed by atoms with Crippen LogP contribution in [-0.4, -0.2) is 50.7 Å². The van der Waals surface area contributed by atoms with Gasteiger partial charge in [0.25, 0.3) is 0 Å². The first-order valence-corrected chi connectivity index (χ1v) is 6.74. The van der Waals surface area contributed by atoms with Crippen LogP contribution in [0.3, 0.4) is 0 Å². The number of carbonyl (C=O) groups is 1. The zero-order valence-corrected chi connectivity index (χ0v) is 11.7. The van der Waals surface area contributed by atoms with Crippen LogP contribution in [0.4, 0.5) is 5.69 Å². The number of methoxy groups -OCH3 is 1. The SMILES string of the molecule is COC(=O)c1cc(N2C[C@@H]3CN(C)C[C@@H]32)ccc1C. The molecular weight excluding hydrogens is 240 g/mol. The zero-order valence-electron chi connectivity index (χ0n) is 11.7. The van der Waals surface area contributed by atoms with Gasteiger partial charge in [0, 0.05) is 37.3 Å². The number of carbonyl (C=O) groups excluding carboxylic acids is 1. The maximum Gasteiger partial charge on any atom is 0.338 e. The summed E-state index contributed by atoms with van der Waals surface area (Å²) in [5.41, 5.74) is 2.79. The molecule has 0 bridgehead atoms. The number of likely N-dealkylation sites (N-methyl/N-ethyl adjacent to an activating group) is 1. The predicted octanol–water partition coefficient (Wildman–Crippen LogP) is 1.53. The zero-order chi connectivity index (χ0) is 13.6. The molecule has 0 spiro atoms. The van der Waals surface area contributed by atoms with Crippen molar-refractivity contribution in [1.29, 1.82) is 0 Å². The Bertz CT molecular complexity index is 515. The lowest BCUT2D eigenvalue weighted by molar-refractivity contribution is 0.0600. The van der Waals surface area contributed by atoms with Crippen LogP contribution in [-0.2, 0) is 4.74 Å². The fourth-order valence-corrected chi connectivity index (χ4v) is 3.26. The van der Waals surface area contributed by atoms with E-state index in [0.29, 0.717) is 11.6 Å². The van der Waals surface area contributed by atoms with Crippen LogP contribution in [0, 0.1) is 12.8 Å². The van der Waals surface area contributed by atoms with Crippen molar-refractivity contribution in [3.8, 4) is 0 Å². The fraction of sp³-hybridized carbons (Fsp3) is 0.533. The molecule has 0 amide bonds. The molecule has 2 aliphatic heterocycles. The van der Waals surface area contributed by atoms with E-state index in [9.17, 15) is 4.79 Å². The number of aryl methyl sites for hydroxylation is 1. The average Bonchev–Trinajstić information content (AvgIpc) is 2.67. The molecule has 0 unspecified atom stereocenters. The summed E-state index contributed by atoms with van der Waals surface area (Å²) in [6.07, 6.45) is 0. The Kier molecular flexibility index (Phi) is 2.97. The van der Waals surface area contributed by atoms with Crippen molar-refractivity contribution in [3.63, 3.8) is 0 Å². The molecule has 3 rings (SSSR count). The minimum atomic E-state index is -0.250. The van der Waals surface area contributed by atoms with Crippen molar-refractivity contribution in [1.82, 2.24) is 4.90 Å². The van der Waals surface area contributed by atoms with Crippen molar-refractivity contribution < 1.29 is 9.53 Å². The number of anilines is 1. The van der Waals surface area contributed by atoms with Crippen molar-refractivity contribution in [3.05, 3.63) is 29.3 Å². The summed E-state index contributed by atoms with van der Waals surface area (Å²) in [5, 5.41) is 0. The highest BCUT2D eigenvalue weighted by Gasteiger charge is 2.44. The Labute approximate surface area is 113 Å². The standard InChI is InChI=1S/C15H20N2O2/c1-10-4-5-12(6-13(10)15(18)19-3)17-8-11-7-16(2)9-14(11)17/h4-6,11,14H,7-9H2,1-3H3/t11-,14-/m0/s1. The quantitative estimate of drug-likeness (QED) is 0.755. The molecule has 2 heterocycles. The monoisotopic (exact) mass is 260 g/mol. The van der Waals surface area contributed by atoms with E-state index in [1.54, 1.807) is 0 Å². The lowest BCUT2D eigenvalue weighted by atomic mass is 9.90. The van der Waals surface area contributed by atoms with Crippen molar-refractivity contribution in [2.24, 2.45) is 5.92 Å². The average molecular weight is 260 g/mol. The summed E-state index contributed by atoms with van der Waals surface area (Å²) < 4.78 is 4.84. The van der Waals surface area contributed by atoms with Gasteiger partial charge in [-0.05, 0) is 31.7 Å². The van der Waals surface area contributed by atoms with Gasteiger partial charge in [-0.3, -0.25) is 0 Å². The number of hydrogen-bond donors (Lipinski definition) is 0. The molecule has 0 radical (unpaired) electrons. The second kappa shape index (κ2) is 4.53. The minimum absolute atomic E-state index is 0.250. The van der Waals surface area contributed by atoms with Gasteiger partial charge in [0.1, 0.15) is 0 Å². The summed E-state index contributed by atoms with van der Waals surface area (Å²) >= 11 is 0. The van der Waals surface area contributed by atoms with Crippen molar-refractivity contribution >= 4 is 11.7 Å². The van der Waals surface area contributed by atoms with E-state index in [1.807, 2.05) is 19.1 Å². The highest BCUT2D eigenvalue weighted by molar-refractivity contribution is 5.92. The maximum atomic E-state index is 11.7. The Hall–Kier alpha value is -1.55. The topological polar surface area (TPSA) is 32.8 Å². The van der Waals surface area contributed by atoms with Gasteiger partial charge in [0.05, 0.1) is 12.7 Å². The molecule has 2 saturated heterocycles.